The minimum absolute atomic E-state index is 0.524. The van der Waals surface area contributed by atoms with Gasteiger partial charge in [0.2, 0.25) is 0 Å². The molecule has 0 amide bonds. The van der Waals surface area contributed by atoms with Crippen LogP contribution in [0.15, 0.2) is 24.3 Å². The van der Waals surface area contributed by atoms with Gasteiger partial charge in [0.15, 0.2) is 0 Å². The SMILES string of the molecule is CN(CCC=O)c1ccc(C#N)cc1. The molecule has 0 saturated carbocycles. The molecule has 1 rings (SSSR count). The van der Waals surface area contributed by atoms with E-state index < -0.39 is 0 Å². The Morgan fingerprint density at radius 3 is 2.57 bits per heavy atom. The van der Waals surface area contributed by atoms with Crippen LogP contribution in [0.5, 0.6) is 0 Å². The Bertz CT molecular complexity index is 337. The van der Waals surface area contributed by atoms with Gasteiger partial charge < -0.3 is 9.69 Å². The number of carbonyl (C=O) groups excluding carboxylic acids is 1. The van der Waals surface area contributed by atoms with Gasteiger partial charge in [0.1, 0.15) is 6.29 Å². The van der Waals surface area contributed by atoms with Gasteiger partial charge in [-0.25, -0.2) is 0 Å². The first kappa shape index (κ1) is 10.3. The lowest BCUT2D eigenvalue weighted by molar-refractivity contribution is -0.107. The van der Waals surface area contributed by atoms with Crippen LogP contribution in [0.4, 0.5) is 5.69 Å². The number of hydrogen-bond donors (Lipinski definition) is 0. The van der Waals surface area contributed by atoms with Gasteiger partial charge in [-0.3, -0.25) is 0 Å². The second-order valence-electron chi connectivity index (χ2n) is 3.04. The minimum Gasteiger partial charge on any atom is -0.374 e. The molecule has 0 aromatic heterocycles. The van der Waals surface area contributed by atoms with Gasteiger partial charge in [0.25, 0.3) is 0 Å². The molecule has 72 valence electrons. The van der Waals surface area contributed by atoms with Crippen molar-refractivity contribution in [3.63, 3.8) is 0 Å². The van der Waals surface area contributed by atoms with Crippen LogP contribution in [-0.2, 0) is 4.79 Å². The van der Waals surface area contributed by atoms with Gasteiger partial charge in [0.05, 0.1) is 11.6 Å². The summed E-state index contributed by atoms with van der Waals surface area (Å²) in [6.45, 7) is 0.704. The third-order valence-corrected chi connectivity index (χ3v) is 2.02. The highest BCUT2D eigenvalue weighted by Crippen LogP contribution is 2.13. The normalized spacial score (nSPS) is 9.14. The van der Waals surface area contributed by atoms with E-state index in [2.05, 4.69) is 6.07 Å². The van der Waals surface area contributed by atoms with Gasteiger partial charge in [0, 0.05) is 25.7 Å². The molecule has 1 aromatic rings. The van der Waals surface area contributed by atoms with Crippen LogP contribution in [-0.4, -0.2) is 19.9 Å². The molecular weight excluding hydrogens is 176 g/mol. The third kappa shape index (κ3) is 2.60. The number of rotatable bonds is 4. The number of nitrogens with zero attached hydrogens (tertiary/aromatic N) is 2. The average molecular weight is 188 g/mol. The summed E-state index contributed by atoms with van der Waals surface area (Å²) in [4.78, 5) is 12.2. The van der Waals surface area contributed by atoms with Crippen molar-refractivity contribution >= 4 is 12.0 Å². The summed E-state index contributed by atoms with van der Waals surface area (Å²) in [5.41, 5.74) is 1.67. The summed E-state index contributed by atoms with van der Waals surface area (Å²) in [6.07, 6.45) is 1.43. The number of nitriles is 1. The molecule has 0 atom stereocenters. The van der Waals surface area contributed by atoms with Crippen LogP contribution < -0.4 is 4.90 Å². The molecule has 0 fully saturated rings. The summed E-state index contributed by atoms with van der Waals surface area (Å²) in [5.74, 6) is 0. The predicted octanol–water partition coefficient (Wildman–Crippen LogP) is 1.58. The molecule has 0 N–H and O–H groups in total. The van der Waals surface area contributed by atoms with Crippen LogP contribution in [0.25, 0.3) is 0 Å². The molecule has 1 aromatic carbocycles. The Hall–Kier alpha value is -1.82. The van der Waals surface area contributed by atoms with E-state index in [9.17, 15) is 4.79 Å². The first-order chi connectivity index (χ1) is 6.77. The van der Waals surface area contributed by atoms with Crippen LogP contribution in [0.2, 0.25) is 0 Å². The van der Waals surface area contributed by atoms with Gasteiger partial charge in [-0.2, -0.15) is 5.26 Å². The van der Waals surface area contributed by atoms with Crippen LogP contribution in [0.3, 0.4) is 0 Å². The third-order valence-electron chi connectivity index (χ3n) is 2.02. The maximum atomic E-state index is 10.2. The lowest BCUT2D eigenvalue weighted by atomic mass is 10.2. The Morgan fingerprint density at radius 1 is 1.43 bits per heavy atom. The number of anilines is 1. The molecule has 0 aliphatic rings. The Balaban J connectivity index is 2.67. The zero-order valence-electron chi connectivity index (χ0n) is 8.10. The maximum Gasteiger partial charge on any atom is 0.121 e. The first-order valence-corrected chi connectivity index (χ1v) is 4.43. The molecule has 0 aliphatic heterocycles. The van der Waals surface area contributed by atoms with Crippen LogP contribution in [0.1, 0.15) is 12.0 Å². The van der Waals surface area contributed by atoms with Crippen molar-refractivity contribution in [3.8, 4) is 6.07 Å². The lowest BCUT2D eigenvalue weighted by Crippen LogP contribution is -2.18. The van der Waals surface area contributed by atoms with Crippen LogP contribution >= 0.6 is 0 Å². The van der Waals surface area contributed by atoms with Crippen molar-refractivity contribution in [2.24, 2.45) is 0 Å². The van der Waals surface area contributed by atoms with E-state index in [0.29, 0.717) is 18.5 Å². The second-order valence-corrected chi connectivity index (χ2v) is 3.04. The number of aldehydes is 1. The molecule has 0 saturated heterocycles. The summed E-state index contributed by atoms with van der Waals surface area (Å²) < 4.78 is 0. The maximum absolute atomic E-state index is 10.2. The summed E-state index contributed by atoms with van der Waals surface area (Å²) >= 11 is 0. The highest BCUT2D eigenvalue weighted by atomic mass is 16.1. The summed E-state index contributed by atoms with van der Waals surface area (Å²) in [5, 5.41) is 8.60. The fourth-order valence-corrected chi connectivity index (χ4v) is 1.17. The van der Waals surface area contributed by atoms with Gasteiger partial charge in [-0.05, 0) is 24.3 Å². The molecule has 0 aliphatic carbocycles. The van der Waals surface area contributed by atoms with E-state index in [0.717, 1.165) is 12.0 Å². The summed E-state index contributed by atoms with van der Waals surface area (Å²) in [6, 6.07) is 9.36. The molecular formula is C11H12N2O. The zero-order valence-corrected chi connectivity index (χ0v) is 8.10. The van der Waals surface area contributed by atoms with Crippen molar-refractivity contribution in [3.05, 3.63) is 29.8 Å². The second kappa shape index (κ2) is 5.03. The zero-order chi connectivity index (χ0) is 10.4. The molecule has 0 radical (unpaired) electrons. The lowest BCUT2D eigenvalue weighted by Gasteiger charge is -2.17. The molecule has 0 unspecified atom stereocenters. The van der Waals surface area contributed by atoms with Crippen molar-refractivity contribution in [2.75, 3.05) is 18.5 Å². The molecule has 14 heavy (non-hydrogen) atoms. The fraction of sp³-hybridized carbons (Fsp3) is 0.273. The highest BCUT2D eigenvalue weighted by molar-refractivity contribution is 5.53. The van der Waals surface area contributed by atoms with E-state index in [1.165, 1.54) is 0 Å². The average Bonchev–Trinajstić information content (AvgIpc) is 2.26. The molecule has 0 bridgehead atoms. The number of carbonyl (C=O) groups is 1. The Morgan fingerprint density at radius 2 is 2.07 bits per heavy atom. The fourth-order valence-electron chi connectivity index (χ4n) is 1.17. The smallest absolute Gasteiger partial charge is 0.121 e. The van der Waals surface area contributed by atoms with E-state index in [1.54, 1.807) is 12.1 Å². The standard InChI is InChI=1S/C11H12N2O/c1-13(7-2-8-14)11-5-3-10(9-12)4-6-11/h3-6,8H,2,7H2,1H3. The highest BCUT2D eigenvalue weighted by Gasteiger charge is 1.99. The molecule has 3 heteroatoms. The Labute approximate surface area is 83.6 Å². The topological polar surface area (TPSA) is 44.1 Å². The van der Waals surface area contributed by atoms with Gasteiger partial charge in [-0.15, -0.1) is 0 Å². The minimum atomic E-state index is 0.524. The van der Waals surface area contributed by atoms with Crippen LogP contribution in [0, 0.1) is 11.3 Å². The largest absolute Gasteiger partial charge is 0.374 e. The number of hydrogen-bond acceptors (Lipinski definition) is 3. The van der Waals surface area contributed by atoms with Crippen molar-refractivity contribution in [1.82, 2.24) is 0 Å². The predicted molar refractivity (Wildman–Crippen MR) is 55.1 cm³/mol. The molecule has 0 spiro atoms. The van der Waals surface area contributed by atoms with Crippen molar-refractivity contribution in [1.29, 1.82) is 5.26 Å². The Kier molecular flexibility index (Phi) is 3.69. The van der Waals surface area contributed by atoms with Gasteiger partial charge >= 0.3 is 0 Å². The van der Waals surface area contributed by atoms with Crippen molar-refractivity contribution < 1.29 is 4.79 Å². The quantitative estimate of drug-likeness (QED) is 0.674. The monoisotopic (exact) mass is 188 g/mol. The van der Waals surface area contributed by atoms with E-state index in [1.807, 2.05) is 24.1 Å². The first-order valence-electron chi connectivity index (χ1n) is 4.43. The van der Waals surface area contributed by atoms with Gasteiger partial charge in [-0.1, -0.05) is 0 Å². The number of benzene rings is 1. The summed E-state index contributed by atoms with van der Waals surface area (Å²) in [7, 11) is 1.92. The van der Waals surface area contributed by atoms with E-state index in [-0.39, 0.29) is 0 Å². The van der Waals surface area contributed by atoms with E-state index in [4.69, 9.17) is 5.26 Å². The van der Waals surface area contributed by atoms with Crippen molar-refractivity contribution in [2.45, 2.75) is 6.42 Å². The van der Waals surface area contributed by atoms with E-state index >= 15 is 0 Å². The molecule has 3 nitrogen and oxygen atoms in total. The molecule has 0 heterocycles.